The maximum absolute atomic E-state index is 12.6. The fourth-order valence-electron chi connectivity index (χ4n) is 2.88. The molecular formula is C19H30Cl2N4O2. The highest BCUT2D eigenvalue weighted by atomic mass is 35.5. The molecule has 0 saturated carbocycles. The Kier molecular flexibility index (Phi) is 8.39. The van der Waals surface area contributed by atoms with E-state index in [1.54, 1.807) is 18.2 Å². The van der Waals surface area contributed by atoms with Crippen molar-refractivity contribution < 1.29 is 9.59 Å². The van der Waals surface area contributed by atoms with Crippen molar-refractivity contribution in [3.63, 3.8) is 0 Å². The number of anilines is 1. The van der Waals surface area contributed by atoms with Crippen LogP contribution >= 0.6 is 24.0 Å². The SMILES string of the molecule is CC1(CNC(=O)c2cc(NC(=O)NC(C)(C)C)ccc2Cl)CCNCC1.Cl. The number of rotatable bonds is 4. The van der Waals surface area contributed by atoms with Gasteiger partial charge in [-0.1, -0.05) is 18.5 Å². The number of urea groups is 1. The molecule has 1 heterocycles. The van der Waals surface area contributed by atoms with Crippen LogP contribution in [0.3, 0.4) is 0 Å². The second-order valence-electron chi connectivity index (χ2n) is 8.27. The number of benzene rings is 1. The van der Waals surface area contributed by atoms with Crippen molar-refractivity contribution in [3.8, 4) is 0 Å². The molecular weight excluding hydrogens is 387 g/mol. The normalized spacial score (nSPS) is 16.0. The lowest BCUT2D eigenvalue weighted by Crippen LogP contribution is -2.43. The molecule has 2 rings (SSSR count). The molecule has 4 N–H and O–H groups in total. The average Bonchev–Trinajstić information content (AvgIpc) is 2.53. The molecule has 1 aromatic carbocycles. The minimum absolute atomic E-state index is 0. The van der Waals surface area contributed by atoms with Crippen LogP contribution < -0.4 is 21.3 Å². The van der Waals surface area contributed by atoms with E-state index in [9.17, 15) is 9.59 Å². The van der Waals surface area contributed by atoms with E-state index in [0.717, 1.165) is 25.9 Å². The maximum Gasteiger partial charge on any atom is 0.319 e. The van der Waals surface area contributed by atoms with Gasteiger partial charge in [-0.05, 0) is 70.3 Å². The largest absolute Gasteiger partial charge is 0.351 e. The Labute approximate surface area is 172 Å². The van der Waals surface area contributed by atoms with Gasteiger partial charge in [0, 0.05) is 17.8 Å². The van der Waals surface area contributed by atoms with Crippen LogP contribution in [0.1, 0.15) is 50.9 Å². The first-order valence-electron chi connectivity index (χ1n) is 8.96. The lowest BCUT2D eigenvalue weighted by Gasteiger charge is -2.34. The second-order valence-corrected chi connectivity index (χ2v) is 8.67. The molecule has 0 aromatic heterocycles. The summed E-state index contributed by atoms with van der Waals surface area (Å²) in [5, 5.41) is 12.2. The number of halogens is 2. The first-order chi connectivity index (χ1) is 12.1. The minimum Gasteiger partial charge on any atom is -0.351 e. The van der Waals surface area contributed by atoms with Gasteiger partial charge in [0.2, 0.25) is 0 Å². The third-order valence-corrected chi connectivity index (χ3v) is 4.77. The van der Waals surface area contributed by atoms with Crippen LogP contribution in [0.15, 0.2) is 18.2 Å². The van der Waals surface area contributed by atoms with E-state index < -0.39 is 0 Å². The van der Waals surface area contributed by atoms with Crippen molar-refractivity contribution in [2.75, 3.05) is 25.0 Å². The van der Waals surface area contributed by atoms with Gasteiger partial charge in [0.05, 0.1) is 10.6 Å². The summed E-state index contributed by atoms with van der Waals surface area (Å²) < 4.78 is 0. The topological polar surface area (TPSA) is 82.3 Å². The predicted molar refractivity (Wildman–Crippen MR) is 113 cm³/mol. The Hall–Kier alpha value is -1.50. The Morgan fingerprint density at radius 3 is 2.44 bits per heavy atom. The molecule has 1 aliphatic rings. The lowest BCUT2D eigenvalue weighted by atomic mass is 9.81. The molecule has 0 bridgehead atoms. The summed E-state index contributed by atoms with van der Waals surface area (Å²) in [6, 6.07) is 4.57. The van der Waals surface area contributed by atoms with Crippen LogP contribution in [-0.4, -0.2) is 37.1 Å². The number of nitrogens with one attached hydrogen (secondary N) is 4. The third-order valence-electron chi connectivity index (χ3n) is 4.44. The molecule has 0 unspecified atom stereocenters. The van der Waals surface area contributed by atoms with Crippen molar-refractivity contribution in [2.24, 2.45) is 5.41 Å². The zero-order chi connectivity index (χ0) is 19.4. The summed E-state index contributed by atoms with van der Waals surface area (Å²) in [4.78, 5) is 24.6. The fourth-order valence-corrected chi connectivity index (χ4v) is 3.08. The third kappa shape index (κ3) is 7.56. The van der Waals surface area contributed by atoms with E-state index in [0.29, 0.717) is 22.8 Å². The summed E-state index contributed by atoms with van der Waals surface area (Å²) in [6.45, 7) is 10.4. The Morgan fingerprint density at radius 2 is 1.85 bits per heavy atom. The van der Waals surface area contributed by atoms with Crippen LogP contribution in [0.4, 0.5) is 10.5 Å². The van der Waals surface area contributed by atoms with Gasteiger partial charge < -0.3 is 21.3 Å². The minimum atomic E-state index is -0.346. The van der Waals surface area contributed by atoms with E-state index in [-0.39, 0.29) is 35.3 Å². The number of amides is 3. The monoisotopic (exact) mass is 416 g/mol. The van der Waals surface area contributed by atoms with E-state index in [1.807, 2.05) is 20.8 Å². The number of piperidine rings is 1. The summed E-state index contributed by atoms with van der Waals surface area (Å²) in [5.41, 5.74) is 0.628. The first kappa shape index (κ1) is 23.5. The zero-order valence-corrected chi connectivity index (χ0v) is 17.9. The number of hydrogen-bond acceptors (Lipinski definition) is 3. The highest BCUT2D eigenvalue weighted by molar-refractivity contribution is 6.34. The van der Waals surface area contributed by atoms with Crippen LogP contribution in [0, 0.1) is 5.41 Å². The van der Waals surface area contributed by atoms with Crippen LogP contribution in [-0.2, 0) is 0 Å². The molecule has 152 valence electrons. The van der Waals surface area contributed by atoms with Gasteiger partial charge in [-0.25, -0.2) is 4.79 Å². The van der Waals surface area contributed by atoms with Gasteiger partial charge in [0.15, 0.2) is 0 Å². The lowest BCUT2D eigenvalue weighted by molar-refractivity contribution is 0.0922. The number of hydrogen-bond donors (Lipinski definition) is 4. The van der Waals surface area contributed by atoms with Gasteiger partial charge in [0.25, 0.3) is 5.91 Å². The predicted octanol–water partition coefficient (Wildman–Crippen LogP) is 3.80. The van der Waals surface area contributed by atoms with Crippen LogP contribution in [0.25, 0.3) is 0 Å². The Morgan fingerprint density at radius 1 is 1.22 bits per heavy atom. The van der Waals surface area contributed by atoms with E-state index in [2.05, 4.69) is 28.2 Å². The molecule has 0 atom stereocenters. The second kappa shape index (κ2) is 9.62. The summed E-state index contributed by atoms with van der Waals surface area (Å²) in [7, 11) is 0. The smallest absolute Gasteiger partial charge is 0.319 e. The van der Waals surface area contributed by atoms with Gasteiger partial charge in [-0.2, -0.15) is 0 Å². The Bertz CT molecular complexity index is 668. The highest BCUT2D eigenvalue weighted by Gasteiger charge is 2.27. The summed E-state index contributed by atoms with van der Waals surface area (Å²) in [5.74, 6) is -0.227. The van der Waals surface area contributed by atoms with Gasteiger partial charge >= 0.3 is 6.03 Å². The van der Waals surface area contributed by atoms with Crippen molar-refractivity contribution in [1.82, 2.24) is 16.0 Å². The standard InChI is InChI=1S/C19H29ClN4O2.ClH/c1-18(2,3)24-17(26)23-13-5-6-15(20)14(11-13)16(25)22-12-19(4)7-9-21-10-8-19;/h5-6,11,21H,7-10,12H2,1-4H3,(H,22,25)(H2,23,24,26);1H. The van der Waals surface area contributed by atoms with E-state index in [4.69, 9.17) is 11.6 Å². The van der Waals surface area contributed by atoms with Crippen LogP contribution in [0.2, 0.25) is 5.02 Å². The molecule has 6 nitrogen and oxygen atoms in total. The Balaban J connectivity index is 0.00000364. The molecule has 8 heteroatoms. The molecule has 1 fully saturated rings. The summed E-state index contributed by atoms with van der Waals surface area (Å²) >= 11 is 6.19. The molecule has 3 amide bonds. The fraction of sp³-hybridized carbons (Fsp3) is 0.579. The van der Waals surface area contributed by atoms with Gasteiger partial charge in [-0.15, -0.1) is 12.4 Å². The van der Waals surface area contributed by atoms with Crippen molar-refractivity contribution in [3.05, 3.63) is 28.8 Å². The zero-order valence-electron chi connectivity index (χ0n) is 16.4. The van der Waals surface area contributed by atoms with Crippen molar-refractivity contribution in [1.29, 1.82) is 0 Å². The van der Waals surface area contributed by atoms with Gasteiger partial charge in [-0.3, -0.25) is 4.79 Å². The molecule has 1 aliphatic heterocycles. The van der Waals surface area contributed by atoms with E-state index in [1.165, 1.54) is 0 Å². The highest BCUT2D eigenvalue weighted by Crippen LogP contribution is 2.27. The van der Waals surface area contributed by atoms with Crippen LogP contribution in [0.5, 0.6) is 0 Å². The first-order valence-corrected chi connectivity index (χ1v) is 9.33. The molecule has 0 radical (unpaired) electrons. The quantitative estimate of drug-likeness (QED) is 0.602. The molecule has 0 spiro atoms. The average molecular weight is 417 g/mol. The molecule has 0 aliphatic carbocycles. The van der Waals surface area contributed by atoms with Gasteiger partial charge in [0.1, 0.15) is 0 Å². The van der Waals surface area contributed by atoms with Crippen molar-refractivity contribution >= 4 is 41.6 Å². The maximum atomic E-state index is 12.6. The molecule has 1 saturated heterocycles. The molecule has 27 heavy (non-hydrogen) atoms. The number of carbonyl (C=O) groups excluding carboxylic acids is 2. The molecule has 1 aromatic rings. The van der Waals surface area contributed by atoms with E-state index >= 15 is 0 Å². The summed E-state index contributed by atoms with van der Waals surface area (Å²) in [6.07, 6.45) is 2.05. The number of carbonyl (C=O) groups is 2. The van der Waals surface area contributed by atoms with Crippen molar-refractivity contribution in [2.45, 2.75) is 46.1 Å².